The normalized spacial score (nSPS) is 18.8. The number of rotatable bonds is 6. The highest BCUT2D eigenvalue weighted by Gasteiger charge is 2.37. The molecule has 1 amide bonds. The molecule has 8 nitrogen and oxygen atoms in total. The second-order valence-corrected chi connectivity index (χ2v) is 7.54. The molecule has 1 fully saturated rings. The van der Waals surface area contributed by atoms with Gasteiger partial charge < -0.3 is 15.0 Å². The molecule has 0 saturated carbocycles. The van der Waals surface area contributed by atoms with Crippen molar-refractivity contribution >= 4 is 16.9 Å². The summed E-state index contributed by atoms with van der Waals surface area (Å²) < 4.78 is 6.01. The van der Waals surface area contributed by atoms with Crippen LogP contribution < -0.4 is 15.6 Å². The summed E-state index contributed by atoms with van der Waals surface area (Å²) in [6, 6.07) is 7.49. The molecule has 0 unspecified atom stereocenters. The monoisotopic (exact) mass is 407 g/mol. The molecule has 4 heterocycles. The van der Waals surface area contributed by atoms with Gasteiger partial charge in [-0.1, -0.05) is 6.92 Å². The van der Waals surface area contributed by atoms with Crippen LogP contribution in [0, 0.1) is 0 Å². The molecule has 0 aliphatic carbocycles. The number of amides is 1. The summed E-state index contributed by atoms with van der Waals surface area (Å²) in [7, 11) is 1.57. The number of carbonyl (C=O) groups excluding carboxylic acids is 1. The van der Waals surface area contributed by atoms with E-state index in [1.54, 1.807) is 25.4 Å². The van der Waals surface area contributed by atoms with Crippen molar-refractivity contribution in [2.24, 2.45) is 0 Å². The lowest BCUT2D eigenvalue weighted by Gasteiger charge is -2.45. The minimum atomic E-state index is -0.221. The van der Waals surface area contributed by atoms with Crippen LogP contribution in [0.25, 0.3) is 11.0 Å². The molecule has 2 N–H and O–H groups in total. The van der Waals surface area contributed by atoms with E-state index < -0.39 is 0 Å². The number of carbonyl (C=O) groups is 1. The summed E-state index contributed by atoms with van der Waals surface area (Å²) in [6.45, 7) is 5.59. The SMILES string of the molecule is CCc1cc2ncc(CN3C[C@H](Oc4ccc(C(=O)NC)nc4)[C@H]3C)cc2[nH]c1=O. The van der Waals surface area contributed by atoms with Crippen LogP contribution in [0.4, 0.5) is 0 Å². The molecule has 0 aromatic carbocycles. The van der Waals surface area contributed by atoms with Crippen LogP contribution in [0.15, 0.2) is 41.5 Å². The number of aromatic nitrogens is 3. The summed E-state index contributed by atoms with van der Waals surface area (Å²) in [5.41, 5.74) is 3.67. The number of aryl methyl sites for hydroxylation is 1. The second-order valence-electron chi connectivity index (χ2n) is 7.54. The van der Waals surface area contributed by atoms with Gasteiger partial charge in [-0.05, 0) is 43.2 Å². The van der Waals surface area contributed by atoms with Gasteiger partial charge in [0.2, 0.25) is 0 Å². The summed E-state index contributed by atoms with van der Waals surface area (Å²) in [6.07, 6.45) is 4.18. The number of aromatic amines is 1. The highest BCUT2D eigenvalue weighted by atomic mass is 16.5. The number of ether oxygens (including phenoxy) is 1. The summed E-state index contributed by atoms with van der Waals surface area (Å²) in [5.74, 6) is 0.428. The van der Waals surface area contributed by atoms with Crippen molar-refractivity contribution in [1.29, 1.82) is 0 Å². The lowest BCUT2D eigenvalue weighted by atomic mass is 10.00. The zero-order valence-corrected chi connectivity index (χ0v) is 17.3. The van der Waals surface area contributed by atoms with E-state index >= 15 is 0 Å². The van der Waals surface area contributed by atoms with E-state index in [1.807, 2.05) is 25.3 Å². The highest BCUT2D eigenvalue weighted by molar-refractivity contribution is 5.92. The van der Waals surface area contributed by atoms with Crippen molar-refractivity contribution in [2.45, 2.75) is 39.0 Å². The number of likely N-dealkylation sites (tertiary alicyclic amines) is 1. The molecule has 0 spiro atoms. The Bertz CT molecular complexity index is 1130. The van der Waals surface area contributed by atoms with Gasteiger partial charge in [0, 0.05) is 37.9 Å². The van der Waals surface area contributed by atoms with Gasteiger partial charge in [0.25, 0.3) is 11.5 Å². The van der Waals surface area contributed by atoms with E-state index in [2.05, 4.69) is 32.1 Å². The molecule has 8 heteroatoms. The third kappa shape index (κ3) is 3.91. The molecular weight excluding hydrogens is 382 g/mol. The molecule has 3 aromatic rings. The first kappa shape index (κ1) is 20.0. The Morgan fingerprint density at radius 3 is 2.80 bits per heavy atom. The van der Waals surface area contributed by atoms with Crippen molar-refractivity contribution in [2.75, 3.05) is 13.6 Å². The quantitative estimate of drug-likeness (QED) is 0.647. The Hall–Kier alpha value is -3.26. The standard InChI is InChI=1S/C22H25N5O3/c1-4-15-8-18-19(26-21(15)28)7-14(9-24-18)11-27-12-20(13(27)2)30-16-5-6-17(25-10-16)22(29)23-3/h5-10,13,20H,4,11-12H2,1-3H3,(H,23,29)(H,26,28)/t13-,20+/m1/s1. The zero-order chi connectivity index (χ0) is 21.3. The zero-order valence-electron chi connectivity index (χ0n) is 17.3. The fraction of sp³-hybridized carbons (Fsp3) is 0.364. The van der Waals surface area contributed by atoms with Gasteiger partial charge in [0.05, 0.1) is 17.2 Å². The maximum Gasteiger partial charge on any atom is 0.269 e. The van der Waals surface area contributed by atoms with Crippen LogP contribution in [0.3, 0.4) is 0 Å². The molecule has 0 radical (unpaired) electrons. The van der Waals surface area contributed by atoms with Gasteiger partial charge in [-0.3, -0.25) is 19.5 Å². The maximum absolute atomic E-state index is 12.1. The van der Waals surface area contributed by atoms with Gasteiger partial charge >= 0.3 is 0 Å². The Morgan fingerprint density at radius 1 is 1.30 bits per heavy atom. The van der Waals surface area contributed by atoms with Gasteiger partial charge in [0.1, 0.15) is 17.5 Å². The molecular formula is C22H25N5O3. The molecule has 2 atom stereocenters. The van der Waals surface area contributed by atoms with E-state index in [4.69, 9.17) is 4.74 Å². The first-order valence-corrected chi connectivity index (χ1v) is 10.1. The van der Waals surface area contributed by atoms with Crippen molar-refractivity contribution < 1.29 is 9.53 Å². The second kappa shape index (κ2) is 8.23. The van der Waals surface area contributed by atoms with Crippen molar-refractivity contribution in [3.05, 3.63) is 63.8 Å². The predicted molar refractivity (Wildman–Crippen MR) is 114 cm³/mol. The summed E-state index contributed by atoms with van der Waals surface area (Å²) in [4.78, 5) is 37.5. The Balaban J connectivity index is 1.38. The van der Waals surface area contributed by atoms with Crippen LogP contribution in [0.2, 0.25) is 0 Å². The van der Waals surface area contributed by atoms with Gasteiger partial charge in [-0.2, -0.15) is 0 Å². The van der Waals surface area contributed by atoms with Crippen LogP contribution >= 0.6 is 0 Å². The number of nitrogens with one attached hydrogen (secondary N) is 2. The predicted octanol–water partition coefficient (Wildman–Crippen LogP) is 1.89. The van der Waals surface area contributed by atoms with Gasteiger partial charge in [-0.25, -0.2) is 4.98 Å². The number of pyridine rings is 3. The molecule has 4 rings (SSSR count). The van der Waals surface area contributed by atoms with Crippen molar-refractivity contribution in [3.8, 4) is 5.75 Å². The molecule has 1 saturated heterocycles. The molecule has 1 aliphatic heterocycles. The smallest absolute Gasteiger partial charge is 0.269 e. The number of fused-ring (bicyclic) bond motifs is 1. The van der Waals surface area contributed by atoms with Crippen LogP contribution in [-0.4, -0.2) is 51.5 Å². The molecule has 3 aromatic heterocycles. The van der Waals surface area contributed by atoms with Gasteiger partial charge in [0.15, 0.2) is 0 Å². The van der Waals surface area contributed by atoms with E-state index in [9.17, 15) is 9.59 Å². The largest absolute Gasteiger partial charge is 0.486 e. The van der Waals surface area contributed by atoms with E-state index in [0.717, 1.165) is 35.2 Å². The van der Waals surface area contributed by atoms with E-state index in [0.29, 0.717) is 17.9 Å². The molecule has 30 heavy (non-hydrogen) atoms. The fourth-order valence-electron chi connectivity index (χ4n) is 3.63. The van der Waals surface area contributed by atoms with E-state index in [1.165, 1.54) is 0 Å². The first-order chi connectivity index (χ1) is 14.5. The molecule has 1 aliphatic rings. The highest BCUT2D eigenvalue weighted by Crippen LogP contribution is 2.26. The Labute approximate surface area is 174 Å². The summed E-state index contributed by atoms with van der Waals surface area (Å²) >= 11 is 0. The third-order valence-corrected chi connectivity index (χ3v) is 5.60. The fourth-order valence-corrected chi connectivity index (χ4v) is 3.63. The van der Waals surface area contributed by atoms with Crippen LogP contribution in [0.1, 0.15) is 35.5 Å². The lowest BCUT2D eigenvalue weighted by Crippen LogP contribution is -2.60. The van der Waals surface area contributed by atoms with E-state index in [-0.39, 0.29) is 23.6 Å². The minimum absolute atomic E-state index is 0.0502. The van der Waals surface area contributed by atoms with Crippen LogP contribution in [-0.2, 0) is 13.0 Å². The number of hydrogen-bond acceptors (Lipinski definition) is 6. The summed E-state index contributed by atoms with van der Waals surface area (Å²) in [5, 5.41) is 2.55. The number of nitrogens with zero attached hydrogens (tertiary/aromatic N) is 3. The Kier molecular flexibility index (Phi) is 5.50. The van der Waals surface area contributed by atoms with Crippen LogP contribution in [0.5, 0.6) is 5.75 Å². The topological polar surface area (TPSA) is 100 Å². The number of H-pyrrole nitrogens is 1. The average Bonchev–Trinajstić information content (AvgIpc) is 2.77. The molecule has 0 bridgehead atoms. The average molecular weight is 407 g/mol. The van der Waals surface area contributed by atoms with Crippen molar-refractivity contribution in [3.63, 3.8) is 0 Å². The van der Waals surface area contributed by atoms with Gasteiger partial charge in [-0.15, -0.1) is 0 Å². The Morgan fingerprint density at radius 2 is 2.13 bits per heavy atom. The van der Waals surface area contributed by atoms with Crippen molar-refractivity contribution in [1.82, 2.24) is 25.2 Å². The first-order valence-electron chi connectivity index (χ1n) is 10.1. The minimum Gasteiger partial charge on any atom is -0.486 e. The maximum atomic E-state index is 12.1. The third-order valence-electron chi connectivity index (χ3n) is 5.60. The molecule has 156 valence electrons. The lowest BCUT2D eigenvalue weighted by molar-refractivity contribution is -0.0415. The number of hydrogen-bond donors (Lipinski definition) is 2.